The van der Waals surface area contributed by atoms with Crippen molar-refractivity contribution in [2.75, 3.05) is 0 Å². The van der Waals surface area contributed by atoms with E-state index in [-0.39, 0.29) is 24.1 Å². The van der Waals surface area contributed by atoms with E-state index in [1.54, 1.807) is 0 Å². The van der Waals surface area contributed by atoms with Crippen molar-refractivity contribution in [3.8, 4) is 0 Å². The normalized spacial score (nSPS) is 37.5. The van der Waals surface area contributed by atoms with Gasteiger partial charge >= 0.3 is 0 Å². The van der Waals surface area contributed by atoms with Crippen LogP contribution < -0.4 is 0 Å². The summed E-state index contributed by atoms with van der Waals surface area (Å²) in [5, 5.41) is 10.0. The van der Waals surface area contributed by atoms with Crippen molar-refractivity contribution in [3.63, 3.8) is 0 Å². The molecule has 0 amide bonds. The third kappa shape index (κ3) is 3.49. The van der Waals surface area contributed by atoms with Gasteiger partial charge in [-0.1, -0.05) is 27.7 Å². The van der Waals surface area contributed by atoms with Crippen molar-refractivity contribution in [3.05, 3.63) is 0 Å². The molecule has 2 radical (unpaired) electrons. The Kier molecular flexibility index (Phi) is 4.66. The molecule has 4 unspecified atom stereocenters. The van der Waals surface area contributed by atoms with Crippen LogP contribution in [0.4, 0.5) is 0 Å². The first-order valence-electron chi connectivity index (χ1n) is 6.01. The Morgan fingerprint density at radius 3 is 2.40 bits per heavy atom. The summed E-state index contributed by atoms with van der Waals surface area (Å²) < 4.78 is 5.76. The van der Waals surface area contributed by atoms with Gasteiger partial charge < -0.3 is 9.84 Å². The summed E-state index contributed by atoms with van der Waals surface area (Å²) in [6.07, 6.45) is 1.35. The van der Waals surface area contributed by atoms with E-state index < -0.39 is 0 Å². The highest BCUT2D eigenvalue weighted by atomic mass is 16.5. The minimum Gasteiger partial charge on any atom is -0.393 e. The summed E-state index contributed by atoms with van der Waals surface area (Å²) in [6.45, 7) is 8.63. The van der Waals surface area contributed by atoms with Gasteiger partial charge in [-0.05, 0) is 24.7 Å². The van der Waals surface area contributed by atoms with Gasteiger partial charge in [-0.2, -0.15) is 0 Å². The van der Waals surface area contributed by atoms with Gasteiger partial charge in [0.25, 0.3) is 0 Å². The van der Waals surface area contributed by atoms with E-state index in [0.29, 0.717) is 18.3 Å². The molecule has 3 heteroatoms. The van der Waals surface area contributed by atoms with Gasteiger partial charge in [0.05, 0.1) is 12.2 Å². The first kappa shape index (κ1) is 13.1. The quantitative estimate of drug-likeness (QED) is 0.721. The molecule has 1 aliphatic heterocycles. The van der Waals surface area contributed by atoms with E-state index in [9.17, 15) is 5.11 Å². The third-order valence-corrected chi connectivity index (χ3v) is 3.17. The van der Waals surface area contributed by atoms with E-state index in [2.05, 4.69) is 27.7 Å². The van der Waals surface area contributed by atoms with E-state index in [1.807, 2.05) is 0 Å². The number of hydrogen-bond acceptors (Lipinski definition) is 2. The fraction of sp³-hybridized carbons (Fsp3) is 1.00. The van der Waals surface area contributed by atoms with Gasteiger partial charge in [-0.15, -0.1) is 0 Å². The van der Waals surface area contributed by atoms with Crippen LogP contribution in [0, 0.1) is 17.8 Å². The van der Waals surface area contributed by atoms with Crippen molar-refractivity contribution in [2.24, 2.45) is 17.8 Å². The van der Waals surface area contributed by atoms with Gasteiger partial charge in [0.2, 0.25) is 0 Å². The standard InChI is InChI=1S/C12H23BO2/c1-7(2)5-10-12(8(3)4)9(14)6-11(13)15-10/h7-12,14H,5-6H2,1-4H3. The Morgan fingerprint density at radius 2 is 1.93 bits per heavy atom. The Morgan fingerprint density at radius 1 is 1.33 bits per heavy atom. The third-order valence-electron chi connectivity index (χ3n) is 3.17. The Balaban J connectivity index is 2.68. The molecular formula is C12H23BO2. The van der Waals surface area contributed by atoms with E-state index in [0.717, 1.165) is 6.42 Å². The molecule has 2 nitrogen and oxygen atoms in total. The molecule has 1 rings (SSSR count). The van der Waals surface area contributed by atoms with Crippen molar-refractivity contribution < 1.29 is 9.84 Å². The predicted molar refractivity (Wildman–Crippen MR) is 62.8 cm³/mol. The molecule has 0 aromatic heterocycles. The average Bonchev–Trinajstić information content (AvgIpc) is 1.99. The van der Waals surface area contributed by atoms with Gasteiger partial charge in [0.15, 0.2) is 0 Å². The maximum absolute atomic E-state index is 10.0. The van der Waals surface area contributed by atoms with Crippen LogP contribution in [0.2, 0.25) is 0 Å². The molecule has 0 bridgehead atoms. The highest BCUT2D eigenvalue weighted by Gasteiger charge is 2.37. The monoisotopic (exact) mass is 210 g/mol. The average molecular weight is 210 g/mol. The molecule has 4 atom stereocenters. The molecule has 1 fully saturated rings. The van der Waals surface area contributed by atoms with Crippen molar-refractivity contribution in [2.45, 2.75) is 58.7 Å². The highest BCUT2D eigenvalue weighted by molar-refractivity contribution is 6.11. The molecule has 0 saturated carbocycles. The van der Waals surface area contributed by atoms with E-state index in [1.165, 1.54) is 0 Å². The van der Waals surface area contributed by atoms with Crippen molar-refractivity contribution in [1.29, 1.82) is 0 Å². The van der Waals surface area contributed by atoms with Crippen LogP contribution in [-0.4, -0.2) is 31.2 Å². The lowest BCUT2D eigenvalue weighted by Crippen LogP contribution is -2.47. The van der Waals surface area contributed by atoms with Gasteiger partial charge in [0, 0.05) is 11.9 Å². The maximum Gasteiger partial charge on any atom is 0.109 e. The zero-order chi connectivity index (χ0) is 11.6. The summed E-state index contributed by atoms with van der Waals surface area (Å²) in [7, 11) is 5.77. The van der Waals surface area contributed by atoms with Gasteiger partial charge in [-0.3, -0.25) is 0 Å². The zero-order valence-electron chi connectivity index (χ0n) is 10.3. The van der Waals surface area contributed by atoms with Crippen LogP contribution >= 0.6 is 0 Å². The molecule has 0 aromatic carbocycles. The number of aliphatic hydroxyl groups excluding tert-OH is 1. The lowest BCUT2D eigenvalue weighted by atomic mass is 9.75. The maximum atomic E-state index is 10.0. The molecule has 0 spiro atoms. The molecule has 1 heterocycles. The second kappa shape index (κ2) is 5.35. The summed E-state index contributed by atoms with van der Waals surface area (Å²) in [4.78, 5) is 0. The van der Waals surface area contributed by atoms with E-state index in [4.69, 9.17) is 12.6 Å². The molecule has 1 saturated heterocycles. The van der Waals surface area contributed by atoms with Crippen LogP contribution in [0.25, 0.3) is 0 Å². The van der Waals surface area contributed by atoms with E-state index >= 15 is 0 Å². The number of hydrogen-bond donors (Lipinski definition) is 1. The van der Waals surface area contributed by atoms with Crippen molar-refractivity contribution >= 4 is 7.85 Å². The number of aliphatic hydroxyl groups is 1. The molecule has 0 aromatic rings. The zero-order valence-corrected chi connectivity index (χ0v) is 10.3. The SMILES string of the molecule is [B]C1CC(O)C(C(C)C)C(CC(C)C)O1. The number of ether oxygens (including phenoxy) is 1. The minimum atomic E-state index is -0.308. The Hall–Kier alpha value is -0.0151. The lowest BCUT2D eigenvalue weighted by molar-refractivity contribution is -0.128. The first-order chi connectivity index (χ1) is 6.91. The highest BCUT2D eigenvalue weighted by Crippen LogP contribution is 2.33. The minimum absolute atomic E-state index is 0.115. The summed E-state index contributed by atoms with van der Waals surface area (Å²) in [5.74, 6) is 1.25. The van der Waals surface area contributed by atoms with Crippen LogP contribution in [0.15, 0.2) is 0 Å². The van der Waals surface area contributed by atoms with Crippen LogP contribution in [0.3, 0.4) is 0 Å². The molecule has 86 valence electrons. The fourth-order valence-electron chi connectivity index (χ4n) is 2.56. The van der Waals surface area contributed by atoms with Gasteiger partial charge in [0.1, 0.15) is 7.85 Å². The summed E-state index contributed by atoms with van der Waals surface area (Å²) >= 11 is 0. The largest absolute Gasteiger partial charge is 0.393 e. The first-order valence-corrected chi connectivity index (χ1v) is 6.01. The second-order valence-electron chi connectivity index (χ2n) is 5.47. The van der Waals surface area contributed by atoms with Crippen LogP contribution in [0.1, 0.15) is 40.5 Å². The second-order valence-corrected chi connectivity index (χ2v) is 5.47. The Labute approximate surface area is 94.8 Å². The van der Waals surface area contributed by atoms with Gasteiger partial charge in [-0.25, -0.2) is 0 Å². The fourth-order valence-corrected chi connectivity index (χ4v) is 2.56. The van der Waals surface area contributed by atoms with Crippen LogP contribution in [0.5, 0.6) is 0 Å². The summed E-state index contributed by atoms with van der Waals surface area (Å²) in [6, 6.07) is -0.293. The Bertz CT molecular complexity index is 192. The molecule has 1 aliphatic rings. The molecule has 1 N–H and O–H groups in total. The summed E-state index contributed by atoms with van der Waals surface area (Å²) in [5.41, 5.74) is 0. The number of rotatable bonds is 3. The molecule has 15 heavy (non-hydrogen) atoms. The van der Waals surface area contributed by atoms with Crippen LogP contribution in [-0.2, 0) is 4.74 Å². The topological polar surface area (TPSA) is 29.5 Å². The smallest absolute Gasteiger partial charge is 0.109 e. The predicted octanol–water partition coefficient (Wildman–Crippen LogP) is 1.95. The molecular weight excluding hydrogens is 187 g/mol. The lowest BCUT2D eigenvalue weighted by Gasteiger charge is -2.42. The van der Waals surface area contributed by atoms with Crippen molar-refractivity contribution in [1.82, 2.24) is 0 Å². The molecule has 0 aliphatic carbocycles.